The minimum absolute atomic E-state index is 0.536. The SMILES string of the molecule is COCc1cccc(CP(c2ccc(OC)cc2)c2ccc(OC)cc2)c1. The first-order valence-corrected chi connectivity index (χ1v) is 10.4. The molecule has 0 atom stereocenters. The Morgan fingerprint density at radius 2 is 1.19 bits per heavy atom. The zero-order valence-corrected chi connectivity index (χ0v) is 16.9. The second kappa shape index (κ2) is 9.55. The van der Waals surface area contributed by atoms with Gasteiger partial charge >= 0.3 is 0 Å². The molecule has 0 unspecified atom stereocenters. The van der Waals surface area contributed by atoms with Crippen LogP contribution in [0.5, 0.6) is 11.5 Å². The Bertz CT molecular complexity index is 797. The highest BCUT2D eigenvalue weighted by atomic mass is 31.1. The lowest BCUT2D eigenvalue weighted by Gasteiger charge is -2.20. The highest BCUT2D eigenvalue weighted by Gasteiger charge is 2.15. The molecular weight excluding hydrogens is 355 g/mol. The van der Waals surface area contributed by atoms with Crippen LogP contribution in [0.3, 0.4) is 0 Å². The van der Waals surface area contributed by atoms with Crippen LogP contribution in [0.4, 0.5) is 0 Å². The van der Waals surface area contributed by atoms with Crippen LogP contribution in [-0.2, 0) is 17.5 Å². The molecule has 0 aliphatic carbocycles. The first-order chi connectivity index (χ1) is 13.2. The second-order valence-electron chi connectivity index (χ2n) is 6.24. The van der Waals surface area contributed by atoms with Crippen molar-refractivity contribution in [1.82, 2.24) is 0 Å². The minimum Gasteiger partial charge on any atom is -0.497 e. The van der Waals surface area contributed by atoms with Crippen LogP contribution in [0.25, 0.3) is 0 Å². The lowest BCUT2D eigenvalue weighted by molar-refractivity contribution is 0.185. The zero-order chi connectivity index (χ0) is 19.1. The molecular formula is C23H25O3P. The van der Waals surface area contributed by atoms with Gasteiger partial charge in [-0.25, -0.2) is 0 Å². The fourth-order valence-corrected chi connectivity index (χ4v) is 5.27. The maximum Gasteiger partial charge on any atom is 0.118 e. The van der Waals surface area contributed by atoms with Gasteiger partial charge in [0.25, 0.3) is 0 Å². The first kappa shape index (κ1) is 19.4. The van der Waals surface area contributed by atoms with E-state index in [9.17, 15) is 0 Å². The zero-order valence-electron chi connectivity index (χ0n) is 16.0. The summed E-state index contributed by atoms with van der Waals surface area (Å²) in [6, 6.07) is 25.5. The molecule has 3 aromatic rings. The van der Waals surface area contributed by atoms with Crippen molar-refractivity contribution in [3.05, 3.63) is 83.9 Å². The van der Waals surface area contributed by atoms with Gasteiger partial charge in [0.2, 0.25) is 0 Å². The fraction of sp³-hybridized carbons (Fsp3) is 0.217. The number of benzene rings is 3. The molecule has 140 valence electrons. The molecule has 0 aromatic heterocycles. The smallest absolute Gasteiger partial charge is 0.118 e. The molecule has 0 aliphatic rings. The number of methoxy groups -OCH3 is 3. The Labute approximate surface area is 162 Å². The van der Waals surface area contributed by atoms with Gasteiger partial charge in [-0.3, -0.25) is 0 Å². The number of hydrogen-bond acceptors (Lipinski definition) is 3. The molecule has 27 heavy (non-hydrogen) atoms. The predicted octanol–water partition coefficient (Wildman–Crippen LogP) is 4.48. The summed E-state index contributed by atoms with van der Waals surface area (Å²) in [5, 5.41) is 2.65. The summed E-state index contributed by atoms with van der Waals surface area (Å²) in [7, 11) is 4.59. The van der Waals surface area contributed by atoms with Gasteiger partial charge in [-0.2, -0.15) is 0 Å². The largest absolute Gasteiger partial charge is 0.497 e. The molecule has 0 bridgehead atoms. The summed E-state index contributed by atoms with van der Waals surface area (Å²) in [5.74, 6) is 1.76. The average Bonchev–Trinajstić information content (AvgIpc) is 2.73. The van der Waals surface area contributed by atoms with Crippen molar-refractivity contribution in [2.24, 2.45) is 0 Å². The van der Waals surface area contributed by atoms with Crippen molar-refractivity contribution in [3.8, 4) is 11.5 Å². The van der Waals surface area contributed by atoms with E-state index >= 15 is 0 Å². The standard InChI is InChI=1S/C23H25O3P/c1-24-16-18-5-4-6-19(15-18)17-27(22-11-7-20(25-2)8-12-22)23-13-9-21(26-3)10-14-23/h4-15H,16-17H2,1-3H3. The molecule has 0 saturated heterocycles. The van der Waals surface area contributed by atoms with Crippen LogP contribution in [0.2, 0.25) is 0 Å². The van der Waals surface area contributed by atoms with Crippen molar-refractivity contribution in [2.75, 3.05) is 21.3 Å². The topological polar surface area (TPSA) is 27.7 Å². The van der Waals surface area contributed by atoms with Crippen LogP contribution in [0, 0.1) is 0 Å². The van der Waals surface area contributed by atoms with Gasteiger partial charge in [0.05, 0.1) is 20.8 Å². The second-order valence-corrected chi connectivity index (χ2v) is 8.44. The van der Waals surface area contributed by atoms with Crippen LogP contribution in [-0.4, -0.2) is 21.3 Å². The van der Waals surface area contributed by atoms with E-state index in [-0.39, 0.29) is 0 Å². The van der Waals surface area contributed by atoms with E-state index in [0.717, 1.165) is 17.7 Å². The van der Waals surface area contributed by atoms with Gasteiger partial charge in [0.15, 0.2) is 0 Å². The summed E-state index contributed by atoms with van der Waals surface area (Å²) in [5.41, 5.74) is 2.52. The molecule has 0 aliphatic heterocycles. The lowest BCUT2D eigenvalue weighted by atomic mass is 10.1. The van der Waals surface area contributed by atoms with Crippen LogP contribution < -0.4 is 20.1 Å². The molecule has 4 heteroatoms. The van der Waals surface area contributed by atoms with Gasteiger partial charge in [-0.05, 0) is 53.9 Å². The van der Waals surface area contributed by atoms with E-state index in [2.05, 4.69) is 48.5 Å². The summed E-state index contributed by atoms with van der Waals surface area (Å²) in [6.45, 7) is 0.636. The number of ether oxygens (including phenoxy) is 3. The Morgan fingerprint density at radius 1 is 0.667 bits per heavy atom. The minimum atomic E-state index is -0.536. The van der Waals surface area contributed by atoms with Crippen molar-refractivity contribution < 1.29 is 14.2 Å². The van der Waals surface area contributed by atoms with Gasteiger partial charge < -0.3 is 14.2 Å². The van der Waals surface area contributed by atoms with E-state index in [0.29, 0.717) is 6.61 Å². The molecule has 0 radical (unpaired) electrons. The Kier molecular flexibility index (Phi) is 6.86. The molecule has 0 spiro atoms. The van der Waals surface area contributed by atoms with Crippen molar-refractivity contribution in [1.29, 1.82) is 0 Å². The van der Waals surface area contributed by atoms with E-state index < -0.39 is 7.92 Å². The van der Waals surface area contributed by atoms with Crippen LogP contribution in [0.15, 0.2) is 72.8 Å². The molecule has 0 saturated carbocycles. The number of hydrogen-bond donors (Lipinski definition) is 0. The maximum atomic E-state index is 5.32. The lowest BCUT2D eigenvalue weighted by Crippen LogP contribution is -2.13. The predicted molar refractivity (Wildman–Crippen MR) is 113 cm³/mol. The highest BCUT2D eigenvalue weighted by molar-refractivity contribution is 7.72. The third kappa shape index (κ3) is 5.09. The average molecular weight is 380 g/mol. The number of rotatable bonds is 8. The third-order valence-corrected chi connectivity index (χ3v) is 6.94. The molecule has 3 aromatic carbocycles. The van der Waals surface area contributed by atoms with Gasteiger partial charge in [-0.15, -0.1) is 0 Å². The van der Waals surface area contributed by atoms with Crippen LogP contribution in [0.1, 0.15) is 11.1 Å². The van der Waals surface area contributed by atoms with Crippen molar-refractivity contribution in [2.45, 2.75) is 12.8 Å². The molecule has 0 amide bonds. The Balaban J connectivity index is 1.94. The van der Waals surface area contributed by atoms with E-state index in [4.69, 9.17) is 14.2 Å². The quantitative estimate of drug-likeness (QED) is 0.539. The van der Waals surface area contributed by atoms with Crippen molar-refractivity contribution >= 4 is 18.5 Å². The summed E-state index contributed by atoms with van der Waals surface area (Å²) in [6.07, 6.45) is 0.978. The molecule has 3 nitrogen and oxygen atoms in total. The van der Waals surface area contributed by atoms with Gasteiger partial charge in [0, 0.05) is 13.3 Å². The highest BCUT2D eigenvalue weighted by Crippen LogP contribution is 2.38. The third-order valence-electron chi connectivity index (χ3n) is 4.41. The molecule has 3 rings (SSSR count). The van der Waals surface area contributed by atoms with E-state index in [1.165, 1.54) is 21.7 Å². The van der Waals surface area contributed by atoms with Crippen LogP contribution >= 0.6 is 7.92 Å². The van der Waals surface area contributed by atoms with Gasteiger partial charge in [-0.1, -0.05) is 48.5 Å². The normalized spacial score (nSPS) is 10.8. The van der Waals surface area contributed by atoms with E-state index in [1.54, 1.807) is 21.3 Å². The molecule has 0 N–H and O–H groups in total. The summed E-state index contributed by atoms with van der Waals surface area (Å²) in [4.78, 5) is 0. The Morgan fingerprint density at radius 3 is 1.67 bits per heavy atom. The van der Waals surface area contributed by atoms with Gasteiger partial charge in [0.1, 0.15) is 11.5 Å². The monoisotopic (exact) mass is 380 g/mol. The summed E-state index contributed by atoms with van der Waals surface area (Å²) < 4.78 is 15.9. The van der Waals surface area contributed by atoms with E-state index in [1.807, 2.05) is 24.3 Å². The first-order valence-electron chi connectivity index (χ1n) is 8.86. The molecule has 0 heterocycles. The van der Waals surface area contributed by atoms with Crippen molar-refractivity contribution in [3.63, 3.8) is 0 Å². The fourth-order valence-electron chi connectivity index (χ4n) is 3.02. The summed E-state index contributed by atoms with van der Waals surface area (Å²) >= 11 is 0. The Hall–Kier alpha value is -2.35. The maximum absolute atomic E-state index is 5.32. The molecule has 0 fully saturated rings.